The summed E-state index contributed by atoms with van der Waals surface area (Å²) in [7, 11) is 1.76. The van der Waals surface area contributed by atoms with E-state index in [1.165, 1.54) is 5.56 Å². The average Bonchev–Trinajstić information content (AvgIpc) is 3.00. The molecule has 2 aromatic rings. The van der Waals surface area contributed by atoms with E-state index in [2.05, 4.69) is 34.5 Å². The maximum Gasteiger partial charge on any atom is 0.317 e. The van der Waals surface area contributed by atoms with E-state index in [-0.39, 0.29) is 11.9 Å². The van der Waals surface area contributed by atoms with E-state index >= 15 is 0 Å². The van der Waals surface area contributed by atoms with Gasteiger partial charge in [0.25, 0.3) is 0 Å². The maximum absolute atomic E-state index is 12.6. The van der Waals surface area contributed by atoms with Crippen LogP contribution in [0.3, 0.4) is 0 Å². The summed E-state index contributed by atoms with van der Waals surface area (Å²) in [5, 5.41) is 2.86. The molecule has 0 bridgehead atoms. The summed E-state index contributed by atoms with van der Waals surface area (Å²) in [5.74, 6) is 0.113. The van der Waals surface area contributed by atoms with Crippen molar-refractivity contribution in [2.75, 3.05) is 39.8 Å². The number of benzene rings is 2. The Morgan fingerprint density at radius 3 is 2.27 bits per heavy atom. The van der Waals surface area contributed by atoms with E-state index in [9.17, 15) is 9.59 Å². The summed E-state index contributed by atoms with van der Waals surface area (Å²) in [6.07, 6.45) is 1.31. The van der Waals surface area contributed by atoms with Crippen molar-refractivity contribution in [3.8, 4) is 0 Å². The Kier molecular flexibility index (Phi) is 8.27. The average molecular weight is 409 g/mol. The number of carbonyl (C=O) groups excluding carboxylic acids is 2. The van der Waals surface area contributed by atoms with Crippen LogP contribution in [0.25, 0.3) is 0 Å². The van der Waals surface area contributed by atoms with Crippen molar-refractivity contribution in [3.05, 3.63) is 71.8 Å². The largest absolute Gasteiger partial charge is 0.341 e. The zero-order valence-corrected chi connectivity index (χ0v) is 17.8. The molecule has 1 N–H and O–H groups in total. The van der Waals surface area contributed by atoms with Crippen LogP contribution >= 0.6 is 0 Å². The number of amides is 3. The fraction of sp³-hybridized carbons (Fsp3) is 0.417. The van der Waals surface area contributed by atoms with E-state index in [4.69, 9.17) is 0 Å². The number of urea groups is 1. The van der Waals surface area contributed by atoms with Gasteiger partial charge in [-0.2, -0.15) is 0 Å². The fourth-order valence-electron chi connectivity index (χ4n) is 3.72. The van der Waals surface area contributed by atoms with Crippen LogP contribution in [0.15, 0.2) is 60.7 Å². The summed E-state index contributed by atoms with van der Waals surface area (Å²) >= 11 is 0. The monoisotopic (exact) mass is 408 g/mol. The Morgan fingerprint density at radius 1 is 0.900 bits per heavy atom. The van der Waals surface area contributed by atoms with Crippen molar-refractivity contribution in [2.45, 2.75) is 25.9 Å². The highest BCUT2D eigenvalue weighted by Crippen LogP contribution is 2.10. The van der Waals surface area contributed by atoms with Crippen molar-refractivity contribution >= 4 is 11.9 Å². The first-order valence-corrected chi connectivity index (χ1v) is 10.7. The topological polar surface area (TPSA) is 55.9 Å². The van der Waals surface area contributed by atoms with Gasteiger partial charge in [-0.15, -0.1) is 0 Å². The Morgan fingerprint density at radius 2 is 1.57 bits per heavy atom. The van der Waals surface area contributed by atoms with Crippen LogP contribution in [0.5, 0.6) is 0 Å². The molecule has 0 saturated carbocycles. The molecule has 1 fully saturated rings. The predicted octanol–water partition coefficient (Wildman–Crippen LogP) is 2.95. The van der Waals surface area contributed by atoms with Crippen molar-refractivity contribution in [1.29, 1.82) is 0 Å². The van der Waals surface area contributed by atoms with Gasteiger partial charge in [0.1, 0.15) is 0 Å². The van der Waals surface area contributed by atoms with Crippen LogP contribution in [0.1, 0.15) is 24.0 Å². The van der Waals surface area contributed by atoms with Crippen LogP contribution in [-0.2, 0) is 17.9 Å². The Balaban J connectivity index is 1.37. The fourth-order valence-corrected chi connectivity index (χ4v) is 3.72. The molecule has 0 atom stereocenters. The lowest BCUT2D eigenvalue weighted by molar-refractivity contribution is -0.130. The third-order valence-electron chi connectivity index (χ3n) is 5.41. The van der Waals surface area contributed by atoms with Crippen molar-refractivity contribution < 1.29 is 9.59 Å². The molecule has 1 aliphatic rings. The molecule has 0 spiro atoms. The molecule has 6 nitrogen and oxygen atoms in total. The highest BCUT2D eigenvalue weighted by molar-refractivity contribution is 5.78. The van der Waals surface area contributed by atoms with E-state index in [0.717, 1.165) is 44.7 Å². The number of nitrogens with zero attached hydrogens (tertiary/aromatic N) is 3. The van der Waals surface area contributed by atoms with E-state index in [1.807, 2.05) is 41.3 Å². The van der Waals surface area contributed by atoms with E-state index in [0.29, 0.717) is 19.5 Å². The highest BCUT2D eigenvalue weighted by Gasteiger charge is 2.19. The first kappa shape index (κ1) is 21.8. The van der Waals surface area contributed by atoms with Crippen LogP contribution in [0, 0.1) is 0 Å². The van der Waals surface area contributed by atoms with Gasteiger partial charge in [-0.05, 0) is 17.5 Å². The SMILES string of the molecule is CN(Cc1ccccc1)C(=O)NCCC(=O)N1CCCN(Cc2ccccc2)CC1. The van der Waals surface area contributed by atoms with Crippen molar-refractivity contribution in [1.82, 2.24) is 20.0 Å². The van der Waals surface area contributed by atoms with Crippen molar-refractivity contribution in [2.24, 2.45) is 0 Å². The summed E-state index contributed by atoms with van der Waals surface area (Å²) in [5.41, 5.74) is 2.38. The van der Waals surface area contributed by atoms with Gasteiger partial charge in [-0.25, -0.2) is 4.79 Å². The number of nitrogens with one attached hydrogen (secondary N) is 1. The van der Waals surface area contributed by atoms with Crippen LogP contribution in [-0.4, -0.2) is 66.4 Å². The van der Waals surface area contributed by atoms with Crippen LogP contribution in [0.2, 0.25) is 0 Å². The minimum atomic E-state index is -0.156. The number of rotatable bonds is 7. The van der Waals surface area contributed by atoms with Crippen LogP contribution in [0.4, 0.5) is 4.79 Å². The lowest BCUT2D eigenvalue weighted by Gasteiger charge is -2.22. The Labute approximate surface area is 179 Å². The molecule has 0 unspecified atom stereocenters. The smallest absolute Gasteiger partial charge is 0.317 e. The quantitative estimate of drug-likeness (QED) is 0.766. The lowest BCUT2D eigenvalue weighted by atomic mass is 10.2. The summed E-state index contributed by atoms with van der Waals surface area (Å²) in [4.78, 5) is 30.8. The molecule has 1 saturated heterocycles. The van der Waals surface area contributed by atoms with Gasteiger partial charge in [-0.3, -0.25) is 9.69 Å². The molecule has 6 heteroatoms. The molecule has 3 rings (SSSR count). The molecular formula is C24H32N4O2. The van der Waals surface area contributed by atoms with Gasteiger partial charge < -0.3 is 15.1 Å². The standard InChI is InChI=1S/C24H32N4O2/c1-26(19-21-9-4-2-5-10-21)24(30)25-14-13-23(29)28-16-8-15-27(17-18-28)20-22-11-6-3-7-12-22/h2-7,9-12H,8,13-20H2,1H3,(H,25,30). The molecule has 3 amide bonds. The molecule has 160 valence electrons. The predicted molar refractivity (Wildman–Crippen MR) is 119 cm³/mol. The summed E-state index contributed by atoms with van der Waals surface area (Å²) in [6.45, 7) is 5.24. The second-order valence-electron chi connectivity index (χ2n) is 7.82. The Hall–Kier alpha value is -2.86. The molecule has 30 heavy (non-hydrogen) atoms. The number of carbonyl (C=O) groups is 2. The normalized spacial score (nSPS) is 14.8. The zero-order valence-electron chi connectivity index (χ0n) is 17.8. The first-order valence-electron chi connectivity index (χ1n) is 10.7. The van der Waals surface area contributed by atoms with Gasteiger partial charge >= 0.3 is 6.03 Å². The van der Waals surface area contributed by atoms with Gasteiger partial charge in [0.2, 0.25) is 5.91 Å². The first-order chi connectivity index (χ1) is 14.6. The third kappa shape index (κ3) is 6.88. The minimum absolute atomic E-state index is 0.113. The van der Waals surface area contributed by atoms with E-state index in [1.54, 1.807) is 11.9 Å². The number of hydrogen-bond acceptors (Lipinski definition) is 3. The zero-order chi connectivity index (χ0) is 21.2. The molecule has 1 heterocycles. The molecule has 0 aliphatic carbocycles. The molecule has 0 radical (unpaired) electrons. The van der Waals surface area contributed by atoms with E-state index < -0.39 is 0 Å². The molecular weight excluding hydrogens is 376 g/mol. The van der Waals surface area contributed by atoms with Gasteiger partial charge in [0, 0.05) is 59.3 Å². The van der Waals surface area contributed by atoms with Crippen molar-refractivity contribution in [3.63, 3.8) is 0 Å². The minimum Gasteiger partial charge on any atom is -0.341 e. The van der Waals surface area contributed by atoms with Crippen LogP contribution < -0.4 is 5.32 Å². The lowest BCUT2D eigenvalue weighted by Crippen LogP contribution is -2.40. The Bertz CT molecular complexity index is 797. The second-order valence-corrected chi connectivity index (χ2v) is 7.82. The number of hydrogen-bond donors (Lipinski definition) is 1. The van der Waals surface area contributed by atoms with Gasteiger partial charge in [0.15, 0.2) is 0 Å². The maximum atomic E-state index is 12.6. The van der Waals surface area contributed by atoms with Gasteiger partial charge in [0.05, 0.1) is 0 Å². The molecule has 1 aliphatic heterocycles. The second kappa shape index (κ2) is 11.4. The molecule has 0 aromatic heterocycles. The van der Waals surface area contributed by atoms with Gasteiger partial charge in [-0.1, -0.05) is 60.7 Å². The highest BCUT2D eigenvalue weighted by atomic mass is 16.2. The third-order valence-corrected chi connectivity index (χ3v) is 5.41. The summed E-state index contributed by atoms with van der Waals surface area (Å²) in [6, 6.07) is 20.2. The summed E-state index contributed by atoms with van der Waals surface area (Å²) < 4.78 is 0. The molecule has 2 aromatic carbocycles.